The molecule has 0 saturated heterocycles. The van der Waals surface area contributed by atoms with Gasteiger partial charge in [-0.3, -0.25) is 4.79 Å². The van der Waals surface area contributed by atoms with E-state index < -0.39 is 0 Å². The predicted molar refractivity (Wildman–Crippen MR) is 75.7 cm³/mol. The second-order valence-corrected chi connectivity index (χ2v) is 5.07. The zero-order chi connectivity index (χ0) is 13.8. The molecular formula is C15H14O3S. The summed E-state index contributed by atoms with van der Waals surface area (Å²) in [6, 6.07) is 11.0. The number of ether oxygens (including phenoxy) is 1. The molecule has 1 heterocycles. The highest BCUT2D eigenvalue weighted by Crippen LogP contribution is 2.31. The highest BCUT2D eigenvalue weighted by atomic mass is 32.1. The molecule has 0 bridgehead atoms. The van der Waals surface area contributed by atoms with Crippen molar-refractivity contribution < 1.29 is 14.3 Å². The van der Waals surface area contributed by atoms with Crippen LogP contribution >= 0.6 is 11.3 Å². The van der Waals surface area contributed by atoms with Crippen LogP contribution in [0.2, 0.25) is 0 Å². The van der Waals surface area contributed by atoms with E-state index in [0.717, 1.165) is 10.4 Å². The average Bonchev–Trinajstić information content (AvgIpc) is 2.88. The fraction of sp³-hybridized carbons (Fsp3) is 0.200. The number of rotatable bonds is 4. The molecule has 0 fully saturated rings. The molecule has 2 aromatic rings. The third kappa shape index (κ3) is 2.90. The van der Waals surface area contributed by atoms with Crippen molar-refractivity contribution in [3.63, 3.8) is 0 Å². The van der Waals surface area contributed by atoms with Crippen molar-refractivity contribution in [1.29, 1.82) is 0 Å². The third-order valence-electron chi connectivity index (χ3n) is 2.65. The van der Waals surface area contributed by atoms with Gasteiger partial charge in [-0.05, 0) is 26.0 Å². The van der Waals surface area contributed by atoms with Gasteiger partial charge in [0, 0.05) is 16.0 Å². The Bertz CT molecular complexity index is 613. The van der Waals surface area contributed by atoms with Crippen LogP contribution in [0.5, 0.6) is 0 Å². The van der Waals surface area contributed by atoms with Crippen molar-refractivity contribution in [1.82, 2.24) is 0 Å². The first-order valence-corrected chi connectivity index (χ1v) is 6.82. The zero-order valence-electron chi connectivity index (χ0n) is 10.8. The Morgan fingerprint density at radius 3 is 2.58 bits per heavy atom. The third-order valence-corrected chi connectivity index (χ3v) is 3.75. The quantitative estimate of drug-likeness (QED) is 0.629. The molecule has 4 heteroatoms. The second-order valence-electron chi connectivity index (χ2n) is 3.99. The molecule has 1 aromatic heterocycles. The monoisotopic (exact) mass is 274 g/mol. The summed E-state index contributed by atoms with van der Waals surface area (Å²) in [6.07, 6.45) is 0. The molecule has 0 aliphatic rings. The number of carbonyl (C=O) groups excluding carboxylic acids is 2. The van der Waals surface area contributed by atoms with Crippen LogP contribution in [0.25, 0.3) is 10.4 Å². The molecule has 19 heavy (non-hydrogen) atoms. The number of thiophene rings is 1. The molecule has 0 aliphatic heterocycles. The maximum absolute atomic E-state index is 11.6. The number of ketones is 1. The van der Waals surface area contributed by atoms with Crippen molar-refractivity contribution >= 4 is 23.1 Å². The Morgan fingerprint density at radius 1 is 1.16 bits per heavy atom. The largest absolute Gasteiger partial charge is 0.462 e. The summed E-state index contributed by atoms with van der Waals surface area (Å²) in [4.78, 5) is 24.7. The predicted octanol–water partition coefficient (Wildman–Crippen LogP) is 3.79. The lowest BCUT2D eigenvalue weighted by molar-refractivity contribution is 0.0532. The van der Waals surface area contributed by atoms with Crippen LogP contribution in [0.15, 0.2) is 36.4 Å². The first kappa shape index (κ1) is 13.5. The Balaban J connectivity index is 2.38. The Labute approximate surface area is 115 Å². The zero-order valence-corrected chi connectivity index (χ0v) is 11.6. The lowest BCUT2D eigenvalue weighted by atomic mass is 10.0. The van der Waals surface area contributed by atoms with Crippen molar-refractivity contribution in [3.05, 3.63) is 46.8 Å². The maximum Gasteiger partial charge on any atom is 0.348 e. The van der Waals surface area contributed by atoms with E-state index in [1.165, 1.54) is 11.3 Å². The van der Waals surface area contributed by atoms with E-state index in [0.29, 0.717) is 17.0 Å². The summed E-state index contributed by atoms with van der Waals surface area (Å²) in [6.45, 7) is 3.67. The first-order valence-electron chi connectivity index (χ1n) is 6.00. The number of hydrogen-bond donors (Lipinski definition) is 0. The van der Waals surface area contributed by atoms with E-state index in [2.05, 4.69) is 0 Å². The van der Waals surface area contributed by atoms with Crippen molar-refractivity contribution in [3.8, 4) is 10.4 Å². The van der Waals surface area contributed by atoms with Crippen LogP contribution < -0.4 is 0 Å². The van der Waals surface area contributed by atoms with Gasteiger partial charge >= 0.3 is 5.97 Å². The molecular weight excluding hydrogens is 260 g/mol. The normalized spacial score (nSPS) is 10.2. The molecule has 98 valence electrons. The molecule has 0 aliphatic carbocycles. The van der Waals surface area contributed by atoms with E-state index in [-0.39, 0.29) is 11.8 Å². The van der Waals surface area contributed by atoms with E-state index in [1.54, 1.807) is 26.0 Å². The van der Waals surface area contributed by atoms with Crippen LogP contribution in [0.3, 0.4) is 0 Å². The number of carbonyl (C=O) groups is 2. The van der Waals surface area contributed by atoms with Crippen LogP contribution in [-0.4, -0.2) is 18.4 Å². The summed E-state index contributed by atoms with van der Waals surface area (Å²) in [5, 5.41) is 0. The number of benzene rings is 1. The average molecular weight is 274 g/mol. The molecule has 0 radical (unpaired) electrons. The first-order chi connectivity index (χ1) is 9.13. The van der Waals surface area contributed by atoms with Crippen LogP contribution in [-0.2, 0) is 4.74 Å². The number of esters is 1. The van der Waals surface area contributed by atoms with Crippen LogP contribution in [0, 0.1) is 0 Å². The Kier molecular flexibility index (Phi) is 4.12. The van der Waals surface area contributed by atoms with E-state index >= 15 is 0 Å². The van der Waals surface area contributed by atoms with Gasteiger partial charge in [-0.15, -0.1) is 11.3 Å². The second kappa shape index (κ2) is 5.80. The van der Waals surface area contributed by atoms with Gasteiger partial charge in [0.25, 0.3) is 0 Å². The standard InChI is InChI=1S/C15H14O3S/c1-3-18-15(17)14-9-8-13(19-14)12-7-5-4-6-11(12)10(2)16/h4-9H,3H2,1-2H3. The lowest BCUT2D eigenvalue weighted by Gasteiger charge is -2.03. The molecule has 0 saturated carbocycles. The molecule has 0 unspecified atom stereocenters. The Morgan fingerprint density at radius 2 is 1.89 bits per heavy atom. The van der Waals surface area contributed by atoms with Gasteiger partial charge in [-0.25, -0.2) is 4.79 Å². The van der Waals surface area contributed by atoms with Crippen LogP contribution in [0.1, 0.15) is 33.9 Å². The van der Waals surface area contributed by atoms with Gasteiger partial charge in [-0.2, -0.15) is 0 Å². The van der Waals surface area contributed by atoms with Crippen LogP contribution in [0.4, 0.5) is 0 Å². The molecule has 0 atom stereocenters. The van der Waals surface area contributed by atoms with Gasteiger partial charge in [0.15, 0.2) is 5.78 Å². The number of Topliss-reactive ketones (excluding diaryl/α,β-unsaturated/α-hetero) is 1. The van der Waals surface area contributed by atoms with Gasteiger partial charge in [0.1, 0.15) is 4.88 Å². The van der Waals surface area contributed by atoms with Gasteiger partial charge in [-0.1, -0.05) is 24.3 Å². The minimum absolute atomic E-state index is 0.0154. The van der Waals surface area contributed by atoms with E-state index in [4.69, 9.17) is 4.74 Å². The highest BCUT2D eigenvalue weighted by Gasteiger charge is 2.14. The topological polar surface area (TPSA) is 43.4 Å². The molecule has 2 rings (SSSR count). The minimum Gasteiger partial charge on any atom is -0.462 e. The summed E-state index contributed by atoms with van der Waals surface area (Å²) >= 11 is 1.34. The molecule has 0 spiro atoms. The fourth-order valence-electron chi connectivity index (χ4n) is 1.80. The van der Waals surface area contributed by atoms with Gasteiger partial charge in [0.05, 0.1) is 6.61 Å². The lowest BCUT2D eigenvalue weighted by Crippen LogP contribution is -2.01. The summed E-state index contributed by atoms with van der Waals surface area (Å²) < 4.78 is 4.96. The van der Waals surface area contributed by atoms with Gasteiger partial charge < -0.3 is 4.74 Å². The van der Waals surface area contributed by atoms with Gasteiger partial charge in [0.2, 0.25) is 0 Å². The molecule has 1 aromatic carbocycles. The fourth-order valence-corrected chi connectivity index (χ4v) is 2.74. The van der Waals surface area contributed by atoms with E-state index in [1.807, 2.05) is 24.3 Å². The van der Waals surface area contributed by atoms with Crippen molar-refractivity contribution in [2.24, 2.45) is 0 Å². The number of hydrogen-bond acceptors (Lipinski definition) is 4. The minimum atomic E-state index is -0.320. The van der Waals surface area contributed by atoms with Crippen molar-refractivity contribution in [2.45, 2.75) is 13.8 Å². The summed E-state index contributed by atoms with van der Waals surface area (Å²) in [5.41, 5.74) is 1.52. The Hall–Kier alpha value is -1.94. The smallest absolute Gasteiger partial charge is 0.348 e. The summed E-state index contributed by atoms with van der Waals surface area (Å²) in [5.74, 6) is -0.305. The van der Waals surface area contributed by atoms with Crippen molar-refractivity contribution in [2.75, 3.05) is 6.61 Å². The SMILES string of the molecule is CCOC(=O)c1ccc(-c2ccccc2C(C)=O)s1. The molecule has 3 nitrogen and oxygen atoms in total. The summed E-state index contributed by atoms with van der Waals surface area (Å²) in [7, 11) is 0. The van der Waals surface area contributed by atoms with E-state index in [9.17, 15) is 9.59 Å². The highest BCUT2D eigenvalue weighted by molar-refractivity contribution is 7.17. The molecule has 0 N–H and O–H groups in total. The maximum atomic E-state index is 11.6. The molecule has 0 amide bonds.